The predicted octanol–water partition coefficient (Wildman–Crippen LogP) is 0.608. The largest absolute Gasteiger partial charge is 0.480 e. The van der Waals surface area contributed by atoms with E-state index in [1.807, 2.05) is 0 Å². The standard InChI is InChI=1S/C9H8FNO4/c10-4-1-2-5(7(11)9(14)15)6(3-4)8(12)13/h1-3,7H,11H2,(H,12,13)(H,14,15)/t7-/m0/s1. The van der Waals surface area contributed by atoms with Crippen LogP contribution in [-0.2, 0) is 4.79 Å². The highest BCUT2D eigenvalue weighted by Gasteiger charge is 2.21. The van der Waals surface area contributed by atoms with E-state index in [9.17, 15) is 14.0 Å². The zero-order valence-electron chi connectivity index (χ0n) is 7.48. The second-order valence-electron chi connectivity index (χ2n) is 2.85. The highest BCUT2D eigenvalue weighted by Crippen LogP contribution is 2.18. The molecule has 0 amide bonds. The fraction of sp³-hybridized carbons (Fsp3) is 0.111. The molecule has 0 radical (unpaired) electrons. The van der Waals surface area contributed by atoms with E-state index < -0.39 is 29.4 Å². The lowest BCUT2D eigenvalue weighted by Crippen LogP contribution is -2.23. The molecule has 6 heteroatoms. The summed E-state index contributed by atoms with van der Waals surface area (Å²) in [4.78, 5) is 21.2. The molecule has 15 heavy (non-hydrogen) atoms. The first-order valence-electron chi connectivity index (χ1n) is 3.94. The average molecular weight is 213 g/mol. The molecule has 0 saturated carbocycles. The maximum atomic E-state index is 12.7. The summed E-state index contributed by atoms with van der Waals surface area (Å²) in [7, 11) is 0. The molecule has 0 unspecified atom stereocenters. The number of carboxylic acid groups (broad SMARTS) is 2. The minimum atomic E-state index is -1.48. The molecule has 0 spiro atoms. The summed E-state index contributed by atoms with van der Waals surface area (Å²) in [5.41, 5.74) is 4.67. The van der Waals surface area contributed by atoms with Crippen LogP contribution in [-0.4, -0.2) is 22.2 Å². The molecule has 1 aromatic carbocycles. The van der Waals surface area contributed by atoms with E-state index in [2.05, 4.69) is 0 Å². The smallest absolute Gasteiger partial charge is 0.336 e. The first kappa shape index (κ1) is 11.1. The molecule has 5 nitrogen and oxygen atoms in total. The van der Waals surface area contributed by atoms with Gasteiger partial charge in [0, 0.05) is 0 Å². The maximum Gasteiger partial charge on any atom is 0.336 e. The van der Waals surface area contributed by atoms with Crippen LogP contribution in [0.15, 0.2) is 18.2 Å². The Kier molecular flexibility index (Phi) is 3.01. The Morgan fingerprint density at radius 1 is 1.33 bits per heavy atom. The Morgan fingerprint density at radius 3 is 2.40 bits per heavy atom. The highest BCUT2D eigenvalue weighted by molar-refractivity contribution is 5.91. The molecule has 0 saturated heterocycles. The van der Waals surface area contributed by atoms with Crippen molar-refractivity contribution in [3.8, 4) is 0 Å². The second kappa shape index (κ2) is 4.05. The number of carboxylic acids is 2. The third kappa shape index (κ3) is 2.29. The third-order valence-electron chi connectivity index (χ3n) is 1.85. The van der Waals surface area contributed by atoms with E-state index in [0.29, 0.717) is 0 Å². The molecule has 0 aliphatic carbocycles. The zero-order chi connectivity index (χ0) is 11.6. The van der Waals surface area contributed by atoms with Crippen LogP contribution >= 0.6 is 0 Å². The fourth-order valence-corrected chi connectivity index (χ4v) is 1.12. The molecule has 0 fully saturated rings. The van der Waals surface area contributed by atoms with Crippen LogP contribution in [0.3, 0.4) is 0 Å². The molecule has 1 atom stereocenters. The van der Waals surface area contributed by atoms with Gasteiger partial charge < -0.3 is 15.9 Å². The SMILES string of the molecule is N[C@H](C(=O)O)c1ccc(F)cc1C(=O)O. The molecular weight excluding hydrogens is 205 g/mol. The van der Waals surface area contributed by atoms with E-state index in [-0.39, 0.29) is 5.56 Å². The molecule has 0 aromatic heterocycles. The molecule has 0 heterocycles. The fourth-order valence-electron chi connectivity index (χ4n) is 1.12. The summed E-state index contributed by atoms with van der Waals surface area (Å²) in [6.07, 6.45) is 0. The van der Waals surface area contributed by atoms with Crippen molar-refractivity contribution in [3.63, 3.8) is 0 Å². The maximum absolute atomic E-state index is 12.7. The molecule has 4 N–H and O–H groups in total. The van der Waals surface area contributed by atoms with Crippen molar-refractivity contribution in [2.24, 2.45) is 5.73 Å². The van der Waals surface area contributed by atoms with Gasteiger partial charge in [-0.1, -0.05) is 6.07 Å². The van der Waals surface area contributed by atoms with Crippen LogP contribution in [0.25, 0.3) is 0 Å². The van der Waals surface area contributed by atoms with Gasteiger partial charge in [0.25, 0.3) is 0 Å². The van der Waals surface area contributed by atoms with Gasteiger partial charge in [-0.25, -0.2) is 9.18 Å². The first-order valence-corrected chi connectivity index (χ1v) is 3.94. The molecule has 80 valence electrons. The monoisotopic (exact) mass is 213 g/mol. The van der Waals surface area contributed by atoms with Gasteiger partial charge in [0.1, 0.15) is 11.9 Å². The van der Waals surface area contributed by atoms with Gasteiger partial charge in [-0.2, -0.15) is 0 Å². The topological polar surface area (TPSA) is 101 Å². The van der Waals surface area contributed by atoms with Crippen LogP contribution in [0.1, 0.15) is 22.0 Å². The summed E-state index contributed by atoms with van der Waals surface area (Å²) < 4.78 is 12.7. The Morgan fingerprint density at radius 2 is 1.93 bits per heavy atom. The van der Waals surface area contributed by atoms with Gasteiger partial charge >= 0.3 is 11.9 Å². The highest BCUT2D eigenvalue weighted by atomic mass is 19.1. The number of carbonyl (C=O) groups is 2. The lowest BCUT2D eigenvalue weighted by Gasteiger charge is -2.09. The number of halogens is 1. The Balaban J connectivity index is 3.28. The quantitative estimate of drug-likeness (QED) is 0.682. The number of benzene rings is 1. The second-order valence-corrected chi connectivity index (χ2v) is 2.85. The van der Waals surface area contributed by atoms with Gasteiger partial charge in [0.05, 0.1) is 5.56 Å². The number of rotatable bonds is 3. The van der Waals surface area contributed by atoms with Crippen molar-refractivity contribution in [3.05, 3.63) is 35.1 Å². The number of aliphatic carboxylic acids is 1. The van der Waals surface area contributed by atoms with E-state index in [1.54, 1.807) is 0 Å². The summed E-state index contributed by atoms with van der Waals surface area (Å²) in [5, 5.41) is 17.3. The Hall–Kier alpha value is -1.95. The summed E-state index contributed by atoms with van der Waals surface area (Å²) >= 11 is 0. The minimum absolute atomic E-state index is 0.128. The summed E-state index contributed by atoms with van der Waals surface area (Å²) in [6.45, 7) is 0. The Bertz CT molecular complexity index is 419. The third-order valence-corrected chi connectivity index (χ3v) is 1.85. The van der Waals surface area contributed by atoms with Crippen LogP contribution < -0.4 is 5.73 Å². The molecule has 0 bridgehead atoms. The normalized spacial score (nSPS) is 12.1. The van der Waals surface area contributed by atoms with Crippen LogP contribution in [0.5, 0.6) is 0 Å². The average Bonchev–Trinajstić information content (AvgIpc) is 2.16. The van der Waals surface area contributed by atoms with Gasteiger partial charge in [-0.3, -0.25) is 4.79 Å². The predicted molar refractivity (Wildman–Crippen MR) is 47.9 cm³/mol. The van der Waals surface area contributed by atoms with Crippen molar-refractivity contribution in [2.45, 2.75) is 6.04 Å². The van der Waals surface area contributed by atoms with E-state index in [1.165, 1.54) is 0 Å². The Labute approximate surface area is 83.9 Å². The number of nitrogens with two attached hydrogens (primary N) is 1. The van der Waals surface area contributed by atoms with Crippen LogP contribution in [0.2, 0.25) is 0 Å². The summed E-state index contributed by atoms with van der Waals surface area (Å²) in [6, 6.07) is 1.28. The molecule has 1 rings (SSSR count). The van der Waals surface area contributed by atoms with Gasteiger partial charge in [0.15, 0.2) is 0 Å². The van der Waals surface area contributed by atoms with E-state index in [4.69, 9.17) is 15.9 Å². The number of hydrogen-bond donors (Lipinski definition) is 3. The van der Waals surface area contributed by atoms with Crippen molar-refractivity contribution in [1.82, 2.24) is 0 Å². The van der Waals surface area contributed by atoms with Crippen molar-refractivity contribution < 1.29 is 24.2 Å². The van der Waals surface area contributed by atoms with Gasteiger partial charge in [0.2, 0.25) is 0 Å². The van der Waals surface area contributed by atoms with Gasteiger partial charge in [-0.05, 0) is 17.7 Å². The lowest BCUT2D eigenvalue weighted by molar-refractivity contribution is -0.138. The van der Waals surface area contributed by atoms with Crippen molar-refractivity contribution in [1.29, 1.82) is 0 Å². The van der Waals surface area contributed by atoms with E-state index in [0.717, 1.165) is 18.2 Å². The zero-order valence-corrected chi connectivity index (χ0v) is 7.48. The molecule has 1 aromatic rings. The first-order chi connectivity index (χ1) is 6.93. The summed E-state index contributed by atoms with van der Waals surface area (Å²) in [5.74, 6) is -3.54. The molecule has 0 aliphatic heterocycles. The minimum Gasteiger partial charge on any atom is -0.480 e. The van der Waals surface area contributed by atoms with Gasteiger partial charge in [-0.15, -0.1) is 0 Å². The number of hydrogen-bond acceptors (Lipinski definition) is 3. The molecular formula is C9H8FNO4. The lowest BCUT2D eigenvalue weighted by atomic mass is 10.0. The van der Waals surface area contributed by atoms with Crippen LogP contribution in [0.4, 0.5) is 4.39 Å². The number of aromatic carboxylic acids is 1. The van der Waals surface area contributed by atoms with Crippen LogP contribution in [0, 0.1) is 5.82 Å². The molecule has 0 aliphatic rings. The van der Waals surface area contributed by atoms with E-state index >= 15 is 0 Å². The van der Waals surface area contributed by atoms with Crippen molar-refractivity contribution >= 4 is 11.9 Å². The van der Waals surface area contributed by atoms with Crippen molar-refractivity contribution in [2.75, 3.05) is 0 Å².